The van der Waals surface area contributed by atoms with Crippen LogP contribution in [0.5, 0.6) is 0 Å². The quantitative estimate of drug-likeness (QED) is 0.110. The van der Waals surface area contributed by atoms with Gasteiger partial charge in [-0.25, -0.2) is 22.3 Å². The number of carbonyl (C=O) groups excluding carboxylic acids is 1. The fraction of sp³-hybridized carbons (Fsp3) is 0.294. The number of thiophene rings is 1. The Labute approximate surface area is 192 Å². The number of nitriles is 1. The number of pyridine rings is 1. The summed E-state index contributed by atoms with van der Waals surface area (Å²) in [4.78, 5) is 22.9. The zero-order chi connectivity index (χ0) is 21.8. The summed E-state index contributed by atoms with van der Waals surface area (Å²) in [6.07, 6.45) is 2.09. The number of anilines is 1. The molecule has 0 fully saturated rings. The summed E-state index contributed by atoms with van der Waals surface area (Å²) < 4.78 is 0.665. The van der Waals surface area contributed by atoms with Crippen LogP contribution in [0.3, 0.4) is 0 Å². The Morgan fingerprint density at radius 3 is 2.86 bits per heavy atom. The molecule has 1 aliphatic carbocycles. The van der Waals surface area contributed by atoms with Gasteiger partial charge in [-0.3, -0.25) is 0 Å². The normalized spacial score (nSPS) is 18.1. The highest BCUT2D eigenvalue weighted by molar-refractivity contribution is 9.10. The number of aryl methyl sites for hydroxylation is 1. The molecular formula is C17H16BBrClN5O2S2. The Kier molecular flexibility index (Phi) is 7.99. The Hall–Kier alpha value is -1.74. The maximum Gasteiger partial charge on any atom is 0.345 e. The number of nitrogens with two attached hydrogens (primary N) is 2. The number of nitrogens with zero attached hydrogens (tertiary/aromatic N) is 3. The van der Waals surface area contributed by atoms with Gasteiger partial charge in [0, 0.05) is 14.9 Å². The molecule has 2 aromatic heterocycles. The first-order valence-electron chi connectivity index (χ1n) is 8.22. The first kappa shape index (κ1) is 23.5. The third-order valence-corrected chi connectivity index (χ3v) is 6.18. The third kappa shape index (κ3) is 4.88. The average Bonchev–Trinajstić information content (AvgIpc) is 3.03. The molecule has 2 aromatic rings. The number of halogens is 2. The van der Waals surface area contributed by atoms with Crippen LogP contribution in [-0.2, 0) is 21.5 Å². The van der Waals surface area contributed by atoms with Crippen LogP contribution in [-0.4, -0.2) is 23.9 Å². The predicted octanol–water partition coefficient (Wildman–Crippen LogP) is 3.47. The van der Waals surface area contributed by atoms with Crippen LogP contribution in [0.1, 0.15) is 41.5 Å². The van der Waals surface area contributed by atoms with E-state index >= 15 is 0 Å². The summed E-state index contributed by atoms with van der Waals surface area (Å²) in [5.74, 6) is -0.682. The van der Waals surface area contributed by atoms with Crippen LogP contribution in [0.25, 0.3) is 0 Å². The molecule has 12 heteroatoms. The number of aromatic nitrogens is 1. The number of amidine groups is 1. The highest BCUT2D eigenvalue weighted by Crippen LogP contribution is 2.46. The second-order valence-electron chi connectivity index (χ2n) is 6.29. The van der Waals surface area contributed by atoms with Gasteiger partial charge in [0.05, 0.1) is 11.0 Å². The van der Waals surface area contributed by atoms with E-state index in [1.165, 1.54) is 11.3 Å². The molecule has 1 aliphatic rings. The Morgan fingerprint density at radius 1 is 1.55 bits per heavy atom. The first-order chi connectivity index (χ1) is 13.8. The van der Waals surface area contributed by atoms with Crippen molar-refractivity contribution < 1.29 is 9.63 Å². The van der Waals surface area contributed by atoms with E-state index < -0.39 is 11.4 Å². The lowest BCUT2D eigenvalue weighted by atomic mass is 9.72. The van der Waals surface area contributed by atoms with Crippen molar-refractivity contribution in [1.29, 1.82) is 5.26 Å². The van der Waals surface area contributed by atoms with E-state index in [4.69, 9.17) is 27.9 Å². The molecule has 0 aliphatic heterocycles. The van der Waals surface area contributed by atoms with Crippen molar-refractivity contribution in [2.75, 3.05) is 5.73 Å². The molecule has 2 radical (unpaired) electrons. The number of carbonyl (C=O) groups is 1. The molecule has 0 bridgehead atoms. The number of hydrogen-bond donors (Lipinski definition) is 3. The molecule has 0 saturated carbocycles. The van der Waals surface area contributed by atoms with Gasteiger partial charge >= 0.3 is 5.97 Å². The highest BCUT2D eigenvalue weighted by Gasteiger charge is 2.44. The second kappa shape index (κ2) is 9.85. The van der Waals surface area contributed by atoms with Crippen LogP contribution in [0.4, 0.5) is 5.00 Å². The van der Waals surface area contributed by atoms with Gasteiger partial charge in [-0.1, -0.05) is 32.7 Å². The summed E-state index contributed by atoms with van der Waals surface area (Å²) in [6, 6.07) is 5.30. The van der Waals surface area contributed by atoms with Crippen molar-refractivity contribution in [2.24, 2.45) is 10.9 Å². The minimum Gasteiger partial charge on any atom is -0.389 e. The lowest BCUT2D eigenvalue weighted by molar-refractivity contribution is -0.150. The van der Waals surface area contributed by atoms with Crippen molar-refractivity contribution in [3.05, 3.63) is 43.5 Å². The van der Waals surface area contributed by atoms with Crippen LogP contribution in [0.15, 0.2) is 21.8 Å². The van der Waals surface area contributed by atoms with Gasteiger partial charge < -0.3 is 16.3 Å². The molecule has 0 amide bonds. The number of hydrogen-bond acceptors (Lipinski definition) is 8. The standard InChI is InChI=1S/C17H15BrClN5O2S.BHS/c1-17(4-2-3-11-13(17)9(7-20)15(22)27-11)16(25)26-24-14(21)10-5-8(18)6-12(19)23-10;1-2/h5-6H,2-4,22H2,1H3,(H2,21,24);2H. The zero-order valence-corrected chi connectivity index (χ0v) is 19.3. The largest absolute Gasteiger partial charge is 0.389 e. The molecule has 0 saturated heterocycles. The Morgan fingerprint density at radius 2 is 2.24 bits per heavy atom. The fourth-order valence-electron chi connectivity index (χ4n) is 3.13. The fourth-order valence-corrected chi connectivity index (χ4v) is 5.10. The molecule has 150 valence electrons. The van der Waals surface area contributed by atoms with E-state index in [9.17, 15) is 10.1 Å². The first-order valence-corrected chi connectivity index (χ1v) is 10.7. The molecule has 0 aromatic carbocycles. The van der Waals surface area contributed by atoms with Crippen molar-refractivity contribution in [1.82, 2.24) is 4.98 Å². The molecular weight excluding hydrogens is 497 g/mol. The Balaban J connectivity index is 0.00000145. The lowest BCUT2D eigenvalue weighted by Crippen LogP contribution is -2.37. The van der Waals surface area contributed by atoms with E-state index in [0.717, 1.165) is 17.7 Å². The number of nitrogen functional groups attached to an aromatic ring is 1. The van der Waals surface area contributed by atoms with Gasteiger partial charge in [-0.05, 0) is 38.3 Å². The Bertz CT molecular complexity index is 990. The number of oxime groups is 1. The van der Waals surface area contributed by atoms with Crippen molar-refractivity contribution in [3.8, 4) is 6.07 Å². The van der Waals surface area contributed by atoms with Gasteiger partial charge in [0.15, 0.2) is 13.0 Å². The smallest absolute Gasteiger partial charge is 0.345 e. The molecule has 7 nitrogen and oxygen atoms in total. The molecule has 2 heterocycles. The second-order valence-corrected chi connectivity index (χ2v) is 8.73. The predicted molar refractivity (Wildman–Crippen MR) is 122 cm³/mol. The van der Waals surface area contributed by atoms with Gasteiger partial charge in [0.2, 0.25) is 0 Å². The number of thiol groups is 1. The van der Waals surface area contributed by atoms with E-state index in [0.29, 0.717) is 27.0 Å². The number of rotatable bonds is 3. The SMILES string of the molecule is CC1(C(=O)O/N=C(\N)c2cc(Br)cc(Cl)n2)CCCc2sc(N)c(C#N)c21.[B]S. The van der Waals surface area contributed by atoms with Crippen LogP contribution < -0.4 is 11.5 Å². The van der Waals surface area contributed by atoms with Gasteiger partial charge in [-0.15, -0.1) is 11.3 Å². The van der Waals surface area contributed by atoms with E-state index in [1.54, 1.807) is 19.1 Å². The molecule has 0 spiro atoms. The van der Waals surface area contributed by atoms with Crippen LogP contribution in [0.2, 0.25) is 5.15 Å². The van der Waals surface area contributed by atoms with E-state index in [1.807, 2.05) is 0 Å². The van der Waals surface area contributed by atoms with Gasteiger partial charge in [0.1, 0.15) is 21.9 Å². The highest BCUT2D eigenvalue weighted by atomic mass is 79.9. The van der Waals surface area contributed by atoms with Crippen molar-refractivity contribution in [2.45, 2.75) is 31.6 Å². The maximum absolute atomic E-state index is 12.8. The molecule has 3 rings (SSSR count). The summed E-state index contributed by atoms with van der Waals surface area (Å²) in [5.41, 5.74) is 12.1. The minimum atomic E-state index is -1.01. The summed E-state index contributed by atoms with van der Waals surface area (Å²) in [5, 5.41) is 13.8. The summed E-state index contributed by atoms with van der Waals surface area (Å²) >= 11 is 13.5. The van der Waals surface area contributed by atoms with Crippen molar-refractivity contribution >= 4 is 75.3 Å². The third-order valence-electron chi connectivity index (χ3n) is 4.45. The lowest BCUT2D eigenvalue weighted by Gasteiger charge is -2.30. The van der Waals surface area contributed by atoms with E-state index in [2.05, 4.69) is 51.7 Å². The number of fused-ring (bicyclic) bond motifs is 1. The molecule has 29 heavy (non-hydrogen) atoms. The molecule has 1 atom stereocenters. The van der Waals surface area contributed by atoms with Crippen LogP contribution in [0, 0.1) is 11.3 Å². The minimum absolute atomic E-state index is 0.0866. The van der Waals surface area contributed by atoms with Crippen LogP contribution >= 0.6 is 51.3 Å². The topological polar surface area (TPSA) is 127 Å². The zero-order valence-electron chi connectivity index (χ0n) is 15.3. The summed E-state index contributed by atoms with van der Waals surface area (Å²) in [7, 11) is 4.19. The summed E-state index contributed by atoms with van der Waals surface area (Å²) in [6.45, 7) is 1.74. The average molecular weight is 513 g/mol. The monoisotopic (exact) mass is 511 g/mol. The van der Waals surface area contributed by atoms with Crippen molar-refractivity contribution in [3.63, 3.8) is 0 Å². The van der Waals surface area contributed by atoms with E-state index in [-0.39, 0.29) is 16.7 Å². The molecule has 1 unspecified atom stereocenters. The van der Waals surface area contributed by atoms with Gasteiger partial charge in [0.25, 0.3) is 0 Å². The molecule has 4 N–H and O–H groups in total. The maximum atomic E-state index is 12.8. The van der Waals surface area contributed by atoms with Gasteiger partial charge in [-0.2, -0.15) is 5.26 Å².